The van der Waals surface area contributed by atoms with Crippen molar-refractivity contribution in [3.05, 3.63) is 48.2 Å². The Labute approximate surface area is 104 Å². The third-order valence-electron chi connectivity index (χ3n) is 3.13. The van der Waals surface area contributed by atoms with Crippen molar-refractivity contribution in [1.82, 2.24) is 14.5 Å². The van der Waals surface area contributed by atoms with E-state index in [1.54, 1.807) is 18.3 Å². The fourth-order valence-electron chi connectivity index (χ4n) is 1.99. The highest BCUT2D eigenvalue weighted by Gasteiger charge is 2.07. The predicted octanol–water partition coefficient (Wildman–Crippen LogP) is 3.08. The Hall–Kier alpha value is -2.23. The second-order valence-electron chi connectivity index (χ2n) is 4.28. The van der Waals surface area contributed by atoms with Gasteiger partial charge in [-0.3, -0.25) is 4.98 Å². The number of aromatic nitrogens is 3. The van der Waals surface area contributed by atoms with Gasteiger partial charge in [-0.05, 0) is 37.3 Å². The van der Waals surface area contributed by atoms with Crippen molar-refractivity contribution in [2.45, 2.75) is 6.92 Å². The molecular weight excluding hydrogens is 229 g/mol. The summed E-state index contributed by atoms with van der Waals surface area (Å²) in [5, 5.41) is 0. The van der Waals surface area contributed by atoms with Gasteiger partial charge in [-0.2, -0.15) is 0 Å². The molecule has 0 N–H and O–H groups in total. The van der Waals surface area contributed by atoms with Crippen LogP contribution < -0.4 is 0 Å². The van der Waals surface area contributed by atoms with Crippen LogP contribution in [-0.4, -0.2) is 14.5 Å². The molecule has 0 radical (unpaired) electrons. The molecule has 0 amide bonds. The molecule has 0 saturated heterocycles. The minimum Gasteiger partial charge on any atom is -0.330 e. The van der Waals surface area contributed by atoms with E-state index in [4.69, 9.17) is 0 Å². The monoisotopic (exact) mass is 241 g/mol. The van der Waals surface area contributed by atoms with Gasteiger partial charge in [0.1, 0.15) is 11.6 Å². The zero-order valence-electron chi connectivity index (χ0n) is 10.2. The van der Waals surface area contributed by atoms with Crippen LogP contribution in [0.1, 0.15) is 5.82 Å². The number of aryl methyl sites for hydroxylation is 2. The van der Waals surface area contributed by atoms with Crippen LogP contribution in [-0.2, 0) is 7.05 Å². The van der Waals surface area contributed by atoms with Gasteiger partial charge in [0.05, 0.1) is 22.9 Å². The number of imidazole rings is 1. The molecule has 2 heterocycles. The molecule has 0 spiro atoms. The number of benzene rings is 1. The van der Waals surface area contributed by atoms with Crippen LogP contribution in [0, 0.1) is 12.7 Å². The summed E-state index contributed by atoms with van der Waals surface area (Å²) >= 11 is 0. The van der Waals surface area contributed by atoms with E-state index < -0.39 is 0 Å². The number of halogens is 1. The van der Waals surface area contributed by atoms with Crippen molar-refractivity contribution in [3.63, 3.8) is 0 Å². The molecule has 3 nitrogen and oxygen atoms in total. The molecule has 0 fully saturated rings. The molecule has 18 heavy (non-hydrogen) atoms. The van der Waals surface area contributed by atoms with E-state index in [2.05, 4.69) is 9.97 Å². The molecule has 0 saturated carbocycles. The van der Waals surface area contributed by atoms with Crippen molar-refractivity contribution in [2.24, 2.45) is 7.05 Å². The van der Waals surface area contributed by atoms with Crippen molar-refractivity contribution in [3.8, 4) is 11.3 Å². The van der Waals surface area contributed by atoms with E-state index in [-0.39, 0.29) is 5.82 Å². The van der Waals surface area contributed by atoms with Gasteiger partial charge < -0.3 is 4.57 Å². The Balaban J connectivity index is 2.16. The molecule has 3 aromatic rings. The summed E-state index contributed by atoms with van der Waals surface area (Å²) in [6.45, 7) is 1.96. The lowest BCUT2D eigenvalue weighted by Crippen LogP contribution is -1.91. The van der Waals surface area contributed by atoms with Crippen LogP contribution >= 0.6 is 0 Å². The summed E-state index contributed by atoms with van der Waals surface area (Å²) in [5.41, 5.74) is 3.60. The zero-order valence-corrected chi connectivity index (χ0v) is 10.2. The summed E-state index contributed by atoms with van der Waals surface area (Å²) in [6.07, 6.45) is 1.80. The first-order valence-electron chi connectivity index (χ1n) is 5.70. The van der Waals surface area contributed by atoms with Crippen molar-refractivity contribution < 1.29 is 4.39 Å². The Morgan fingerprint density at radius 1 is 1.17 bits per heavy atom. The van der Waals surface area contributed by atoms with Crippen molar-refractivity contribution in [1.29, 1.82) is 0 Å². The highest BCUT2D eigenvalue weighted by Crippen LogP contribution is 2.22. The molecular formula is C14H12FN3. The Kier molecular flexibility index (Phi) is 2.37. The van der Waals surface area contributed by atoms with Gasteiger partial charge in [0.25, 0.3) is 0 Å². The minimum atomic E-state index is -0.242. The Morgan fingerprint density at radius 3 is 2.61 bits per heavy atom. The normalized spacial score (nSPS) is 11.1. The van der Waals surface area contributed by atoms with Crippen LogP contribution in [0.4, 0.5) is 4.39 Å². The minimum absolute atomic E-state index is 0.242. The van der Waals surface area contributed by atoms with Crippen LogP contribution in [0.5, 0.6) is 0 Å². The molecule has 0 aliphatic rings. The number of hydrogen-bond acceptors (Lipinski definition) is 2. The van der Waals surface area contributed by atoms with E-state index in [1.807, 2.05) is 24.6 Å². The Morgan fingerprint density at radius 2 is 1.89 bits per heavy atom. The lowest BCUT2D eigenvalue weighted by Gasteiger charge is -2.01. The van der Waals surface area contributed by atoms with Crippen LogP contribution in [0.15, 0.2) is 36.5 Å². The molecule has 1 aromatic carbocycles. The highest BCUT2D eigenvalue weighted by atomic mass is 19.1. The fourth-order valence-corrected chi connectivity index (χ4v) is 1.99. The largest absolute Gasteiger partial charge is 0.330 e. The summed E-state index contributed by atoms with van der Waals surface area (Å²) in [5.74, 6) is 0.705. The van der Waals surface area contributed by atoms with Gasteiger partial charge in [0.2, 0.25) is 0 Å². The lowest BCUT2D eigenvalue weighted by atomic mass is 10.1. The molecule has 0 aliphatic heterocycles. The number of fused-ring (bicyclic) bond motifs is 1. The summed E-state index contributed by atoms with van der Waals surface area (Å²) in [6, 6.07) is 8.24. The maximum atomic E-state index is 12.9. The van der Waals surface area contributed by atoms with Crippen LogP contribution in [0.2, 0.25) is 0 Å². The SMILES string of the molecule is Cc1nc2cc(-c3ccc(F)cc3)ncc2n1C. The van der Waals surface area contributed by atoms with Gasteiger partial charge in [-0.15, -0.1) is 0 Å². The summed E-state index contributed by atoms with van der Waals surface area (Å²) in [4.78, 5) is 8.86. The van der Waals surface area contributed by atoms with E-state index >= 15 is 0 Å². The molecule has 3 rings (SSSR count). The second-order valence-corrected chi connectivity index (χ2v) is 4.28. The van der Waals surface area contributed by atoms with Gasteiger partial charge in [0, 0.05) is 12.6 Å². The van der Waals surface area contributed by atoms with Gasteiger partial charge in [0.15, 0.2) is 0 Å². The molecule has 0 unspecified atom stereocenters. The molecule has 2 aromatic heterocycles. The first-order chi connectivity index (χ1) is 8.65. The Bertz CT molecular complexity index is 714. The quantitative estimate of drug-likeness (QED) is 0.655. The zero-order chi connectivity index (χ0) is 12.7. The number of pyridine rings is 1. The van der Waals surface area contributed by atoms with Gasteiger partial charge in [-0.25, -0.2) is 9.37 Å². The van der Waals surface area contributed by atoms with E-state index in [0.29, 0.717) is 0 Å². The number of rotatable bonds is 1. The maximum Gasteiger partial charge on any atom is 0.123 e. The summed E-state index contributed by atoms with van der Waals surface area (Å²) < 4.78 is 14.9. The fraction of sp³-hybridized carbons (Fsp3) is 0.143. The highest BCUT2D eigenvalue weighted by molar-refractivity contribution is 5.79. The van der Waals surface area contributed by atoms with Crippen LogP contribution in [0.25, 0.3) is 22.3 Å². The molecule has 4 heteroatoms. The first kappa shape index (κ1) is 10.9. The topological polar surface area (TPSA) is 30.7 Å². The molecule has 90 valence electrons. The lowest BCUT2D eigenvalue weighted by molar-refractivity contribution is 0.628. The standard InChI is InChI=1S/C14H12FN3/c1-9-17-13-7-12(16-8-14(13)18(9)2)10-3-5-11(15)6-4-10/h3-8H,1-2H3. The number of nitrogens with zero attached hydrogens (tertiary/aromatic N) is 3. The second kappa shape index (κ2) is 3.91. The van der Waals surface area contributed by atoms with E-state index in [9.17, 15) is 4.39 Å². The molecule has 0 bridgehead atoms. The first-order valence-corrected chi connectivity index (χ1v) is 5.70. The smallest absolute Gasteiger partial charge is 0.123 e. The van der Waals surface area contributed by atoms with E-state index in [0.717, 1.165) is 28.1 Å². The summed E-state index contributed by atoms with van der Waals surface area (Å²) in [7, 11) is 1.96. The van der Waals surface area contributed by atoms with E-state index in [1.165, 1.54) is 12.1 Å². The number of hydrogen-bond donors (Lipinski definition) is 0. The van der Waals surface area contributed by atoms with Gasteiger partial charge in [-0.1, -0.05) is 0 Å². The third kappa shape index (κ3) is 1.66. The maximum absolute atomic E-state index is 12.9. The third-order valence-corrected chi connectivity index (χ3v) is 3.13. The van der Waals surface area contributed by atoms with Crippen LogP contribution in [0.3, 0.4) is 0 Å². The average molecular weight is 241 g/mol. The molecule has 0 atom stereocenters. The van der Waals surface area contributed by atoms with Crippen molar-refractivity contribution in [2.75, 3.05) is 0 Å². The predicted molar refractivity (Wildman–Crippen MR) is 68.6 cm³/mol. The molecule has 0 aliphatic carbocycles. The average Bonchev–Trinajstić information content (AvgIpc) is 2.65. The van der Waals surface area contributed by atoms with Gasteiger partial charge >= 0.3 is 0 Å². The van der Waals surface area contributed by atoms with Crippen molar-refractivity contribution >= 4 is 11.0 Å².